The lowest BCUT2D eigenvalue weighted by molar-refractivity contribution is -0.182. The second kappa shape index (κ2) is 9.53. The van der Waals surface area contributed by atoms with Crippen LogP contribution in [0.5, 0.6) is 0 Å². The molecule has 222 valence electrons. The van der Waals surface area contributed by atoms with Crippen LogP contribution in [0.3, 0.4) is 0 Å². The molecule has 0 spiro atoms. The molecule has 43 heavy (non-hydrogen) atoms. The highest BCUT2D eigenvalue weighted by Gasteiger charge is 2.60. The van der Waals surface area contributed by atoms with E-state index in [4.69, 9.17) is 0 Å². The average molecular weight is 611 g/mol. The van der Waals surface area contributed by atoms with Gasteiger partial charge in [-0.25, -0.2) is 40.0 Å². The first-order valence-electron chi connectivity index (χ1n) is 13.7. The van der Waals surface area contributed by atoms with Crippen LogP contribution in [-0.4, -0.2) is 55.0 Å². The molecule has 4 heterocycles. The van der Waals surface area contributed by atoms with Gasteiger partial charge in [-0.05, 0) is 56.0 Å². The maximum atomic E-state index is 14.7. The average Bonchev–Trinajstić information content (AvgIpc) is 3.58. The van der Waals surface area contributed by atoms with Crippen molar-refractivity contribution in [1.29, 1.82) is 0 Å². The van der Waals surface area contributed by atoms with Crippen molar-refractivity contribution < 1.29 is 31.5 Å². The molecule has 4 aromatic heterocycles. The standard InChI is InChI=1S/C29H25F3N6O4S/c1-15-4-7-18(8-5-15)43(41,42)38-14-20(19-11-17(30)13-33-27(19)38)25-35-26(22-3-2-10-37(22)36-25)34-24-16-6-9-21(23(24)28(39)40)29(31,32)12-16/h2-5,7-8,10-11,13-14,16,21,23-24H,6,9,12H2,1H3,(H,39,40)(H,34,35,36)/t16-,21-,23+,24+/m1/s1. The molecule has 10 nitrogen and oxygen atoms in total. The van der Waals surface area contributed by atoms with E-state index in [9.17, 15) is 31.5 Å². The molecule has 0 aliphatic heterocycles. The number of aliphatic carboxylic acids is 1. The van der Waals surface area contributed by atoms with Crippen LogP contribution in [0.2, 0.25) is 0 Å². The van der Waals surface area contributed by atoms with Crippen LogP contribution in [0.15, 0.2) is 66.0 Å². The van der Waals surface area contributed by atoms with E-state index in [0.717, 1.165) is 21.8 Å². The Morgan fingerprint density at radius 1 is 1.16 bits per heavy atom. The van der Waals surface area contributed by atoms with Gasteiger partial charge in [0.1, 0.15) is 11.3 Å². The third-order valence-corrected chi connectivity index (χ3v) is 10.3. The van der Waals surface area contributed by atoms with Crippen LogP contribution in [-0.2, 0) is 14.8 Å². The lowest BCUT2D eigenvalue weighted by atomic mass is 9.59. The van der Waals surface area contributed by atoms with Crippen LogP contribution in [0.4, 0.5) is 19.0 Å². The minimum absolute atomic E-state index is 0.000343. The normalized spacial score (nSPS) is 23.2. The van der Waals surface area contributed by atoms with Crippen LogP contribution < -0.4 is 5.32 Å². The lowest BCUT2D eigenvalue weighted by Gasteiger charge is -2.50. The van der Waals surface area contributed by atoms with Crippen LogP contribution in [0.1, 0.15) is 24.8 Å². The van der Waals surface area contributed by atoms with Crippen molar-refractivity contribution in [3.63, 3.8) is 0 Å². The van der Waals surface area contributed by atoms with Crippen LogP contribution >= 0.6 is 0 Å². The van der Waals surface area contributed by atoms with Crippen molar-refractivity contribution in [3.8, 4) is 11.4 Å². The van der Waals surface area contributed by atoms with Gasteiger partial charge in [-0.1, -0.05) is 17.7 Å². The number of nitrogens with zero attached hydrogens (tertiary/aromatic N) is 5. The first kappa shape index (κ1) is 27.4. The topological polar surface area (TPSA) is 131 Å². The molecule has 0 unspecified atom stereocenters. The largest absolute Gasteiger partial charge is 0.481 e. The monoisotopic (exact) mass is 610 g/mol. The van der Waals surface area contributed by atoms with Crippen LogP contribution in [0.25, 0.3) is 27.9 Å². The summed E-state index contributed by atoms with van der Waals surface area (Å²) in [7, 11) is -4.16. The molecule has 8 rings (SSSR count). The Hall–Kier alpha value is -4.46. The molecule has 3 fully saturated rings. The van der Waals surface area contributed by atoms with Gasteiger partial charge >= 0.3 is 5.97 Å². The van der Waals surface area contributed by atoms with E-state index in [0.29, 0.717) is 11.9 Å². The third kappa shape index (κ3) is 4.34. The molecule has 2 bridgehead atoms. The summed E-state index contributed by atoms with van der Waals surface area (Å²) in [5.74, 6) is -8.15. The summed E-state index contributed by atoms with van der Waals surface area (Å²) in [5, 5.41) is 17.8. The molecular weight excluding hydrogens is 585 g/mol. The SMILES string of the molecule is Cc1ccc(S(=O)(=O)n2cc(-c3nc(N[C@H]4[C@@H]5CC[C@H]([C@@H]4C(=O)O)C(F)(F)C5)c4cccn4n3)c3cc(F)cnc32)cc1. The minimum Gasteiger partial charge on any atom is -0.481 e. The van der Waals surface area contributed by atoms with Crippen molar-refractivity contribution >= 4 is 38.4 Å². The zero-order valence-electron chi connectivity index (χ0n) is 22.7. The first-order chi connectivity index (χ1) is 20.4. The Kier molecular flexibility index (Phi) is 6.06. The quantitative estimate of drug-likeness (QED) is 0.275. The number of carbonyl (C=O) groups is 1. The van der Waals surface area contributed by atoms with E-state index in [1.807, 2.05) is 6.92 Å². The lowest BCUT2D eigenvalue weighted by Crippen LogP contribution is -2.59. The Bertz CT molecular complexity index is 2030. The zero-order valence-corrected chi connectivity index (χ0v) is 23.5. The van der Waals surface area contributed by atoms with Crippen molar-refractivity contribution in [2.45, 2.75) is 43.0 Å². The molecule has 4 atom stereocenters. The van der Waals surface area contributed by atoms with Gasteiger partial charge in [0.25, 0.3) is 15.9 Å². The zero-order chi connectivity index (χ0) is 30.3. The van der Waals surface area contributed by atoms with Crippen molar-refractivity contribution in [2.75, 3.05) is 5.32 Å². The maximum absolute atomic E-state index is 14.7. The molecule has 2 N–H and O–H groups in total. The molecule has 0 radical (unpaired) electrons. The molecule has 5 aromatic rings. The number of carboxylic acids is 1. The Labute approximate surface area is 243 Å². The van der Waals surface area contributed by atoms with Gasteiger partial charge in [-0.15, -0.1) is 5.10 Å². The highest BCUT2D eigenvalue weighted by atomic mass is 32.2. The fourth-order valence-electron chi connectivity index (χ4n) is 6.59. The number of pyridine rings is 1. The van der Waals surface area contributed by atoms with E-state index in [2.05, 4.69) is 20.4 Å². The maximum Gasteiger partial charge on any atom is 0.309 e. The van der Waals surface area contributed by atoms with Gasteiger partial charge in [-0.3, -0.25) is 4.79 Å². The predicted molar refractivity (Wildman–Crippen MR) is 150 cm³/mol. The predicted octanol–water partition coefficient (Wildman–Crippen LogP) is 4.98. The molecule has 3 aliphatic rings. The number of hydrogen-bond donors (Lipinski definition) is 2. The summed E-state index contributed by atoms with van der Waals surface area (Å²) in [6.45, 7) is 1.83. The third-order valence-electron chi connectivity index (χ3n) is 8.63. The minimum atomic E-state index is -4.16. The molecule has 3 aliphatic carbocycles. The Balaban J connectivity index is 1.37. The van der Waals surface area contributed by atoms with E-state index >= 15 is 0 Å². The number of aryl methyl sites for hydroxylation is 1. The van der Waals surface area contributed by atoms with Gasteiger partial charge in [0.05, 0.1) is 17.0 Å². The number of rotatable bonds is 6. The second-order valence-corrected chi connectivity index (χ2v) is 13.1. The number of alkyl halides is 2. The number of halogens is 3. The van der Waals surface area contributed by atoms with Gasteiger partial charge < -0.3 is 10.4 Å². The number of anilines is 1. The van der Waals surface area contributed by atoms with Gasteiger partial charge in [-0.2, -0.15) is 0 Å². The van der Waals surface area contributed by atoms with Gasteiger partial charge in [0.2, 0.25) is 0 Å². The number of aromatic nitrogens is 5. The van der Waals surface area contributed by atoms with Crippen LogP contribution in [0, 0.1) is 30.5 Å². The molecule has 0 amide bonds. The number of hydrogen-bond acceptors (Lipinski definition) is 7. The molecule has 1 aromatic carbocycles. The summed E-state index contributed by atoms with van der Waals surface area (Å²) in [5.41, 5.74) is 1.44. The van der Waals surface area contributed by atoms with Gasteiger partial charge in [0.15, 0.2) is 17.3 Å². The fourth-order valence-corrected chi connectivity index (χ4v) is 7.91. The Morgan fingerprint density at radius 2 is 1.93 bits per heavy atom. The molecule has 14 heteroatoms. The van der Waals surface area contributed by atoms with Crippen molar-refractivity contribution in [1.82, 2.24) is 23.6 Å². The molecular formula is C29H25F3N6O4S. The molecule has 3 saturated carbocycles. The van der Waals surface area contributed by atoms with E-state index in [1.54, 1.807) is 30.5 Å². The molecule has 0 saturated heterocycles. The van der Waals surface area contributed by atoms with E-state index in [1.165, 1.54) is 22.8 Å². The number of nitrogens with one attached hydrogen (secondary N) is 1. The smallest absolute Gasteiger partial charge is 0.309 e. The summed E-state index contributed by atoms with van der Waals surface area (Å²) < 4.78 is 73.7. The summed E-state index contributed by atoms with van der Waals surface area (Å²) in [4.78, 5) is 20.9. The fraction of sp³-hybridized carbons (Fsp3) is 0.310. The van der Waals surface area contributed by atoms with E-state index in [-0.39, 0.29) is 39.6 Å². The first-order valence-corrected chi connectivity index (χ1v) is 15.1. The summed E-state index contributed by atoms with van der Waals surface area (Å²) >= 11 is 0. The highest BCUT2D eigenvalue weighted by Crippen LogP contribution is 2.54. The summed E-state index contributed by atoms with van der Waals surface area (Å²) in [6.07, 6.45) is 3.94. The summed E-state index contributed by atoms with van der Waals surface area (Å²) in [6, 6.07) is 9.93. The van der Waals surface area contributed by atoms with Crippen molar-refractivity contribution in [3.05, 3.63) is 72.4 Å². The number of carboxylic acid groups (broad SMARTS) is 1. The number of fused-ring (bicyclic) bond motifs is 5. The van der Waals surface area contributed by atoms with E-state index < -0.39 is 57.9 Å². The second-order valence-electron chi connectivity index (χ2n) is 11.2. The Morgan fingerprint density at radius 3 is 2.65 bits per heavy atom. The van der Waals surface area contributed by atoms with Crippen molar-refractivity contribution in [2.24, 2.45) is 17.8 Å². The highest BCUT2D eigenvalue weighted by molar-refractivity contribution is 7.90. The number of benzene rings is 1. The van der Waals surface area contributed by atoms with Gasteiger partial charge in [0, 0.05) is 41.7 Å².